The van der Waals surface area contributed by atoms with Crippen LogP contribution in [0.2, 0.25) is 0 Å². The van der Waals surface area contributed by atoms with E-state index in [1.54, 1.807) is 25.1 Å². The number of hydrogen-bond donors (Lipinski definition) is 1. The van der Waals surface area contributed by atoms with Gasteiger partial charge in [0.15, 0.2) is 0 Å². The van der Waals surface area contributed by atoms with E-state index in [0.29, 0.717) is 5.75 Å². The lowest BCUT2D eigenvalue weighted by atomic mass is 10.1. The van der Waals surface area contributed by atoms with Crippen molar-refractivity contribution in [2.24, 2.45) is 0 Å². The van der Waals surface area contributed by atoms with Crippen molar-refractivity contribution in [1.82, 2.24) is 0 Å². The van der Waals surface area contributed by atoms with Crippen LogP contribution in [0.4, 0.5) is 4.39 Å². The van der Waals surface area contributed by atoms with Gasteiger partial charge in [0.1, 0.15) is 18.2 Å². The second-order valence-electron chi connectivity index (χ2n) is 4.64. The summed E-state index contributed by atoms with van der Waals surface area (Å²) >= 11 is 0. The number of ether oxygens (including phenoxy) is 1. The summed E-state index contributed by atoms with van der Waals surface area (Å²) in [5, 5.41) is 8.89. The molecule has 0 radical (unpaired) electrons. The highest BCUT2D eigenvalue weighted by Crippen LogP contribution is 2.21. The van der Waals surface area contributed by atoms with Crippen LogP contribution >= 0.6 is 0 Å². The highest BCUT2D eigenvalue weighted by atomic mass is 19.1. The Hall–Kier alpha value is -2.36. The average Bonchev–Trinajstić information content (AvgIpc) is 2.40. The van der Waals surface area contributed by atoms with Crippen molar-refractivity contribution in [3.63, 3.8) is 0 Å². The molecule has 0 aliphatic carbocycles. The van der Waals surface area contributed by atoms with Gasteiger partial charge in [-0.2, -0.15) is 0 Å². The molecule has 0 heterocycles. The SMILES string of the molecule is Cc1ccc(F)cc1COc1ccc(C(=O)O)cc1C. The van der Waals surface area contributed by atoms with Crippen LogP contribution in [0.15, 0.2) is 36.4 Å². The van der Waals surface area contributed by atoms with Crippen LogP contribution in [-0.2, 0) is 6.61 Å². The van der Waals surface area contributed by atoms with Crippen molar-refractivity contribution < 1.29 is 19.0 Å². The molecule has 20 heavy (non-hydrogen) atoms. The summed E-state index contributed by atoms with van der Waals surface area (Å²) in [5.74, 6) is -0.675. The Morgan fingerprint density at radius 2 is 1.90 bits per heavy atom. The zero-order chi connectivity index (χ0) is 14.7. The molecule has 3 nitrogen and oxygen atoms in total. The maximum absolute atomic E-state index is 13.2. The van der Waals surface area contributed by atoms with Gasteiger partial charge in [0, 0.05) is 0 Å². The second kappa shape index (κ2) is 5.74. The minimum Gasteiger partial charge on any atom is -0.489 e. The summed E-state index contributed by atoms with van der Waals surface area (Å²) in [7, 11) is 0. The largest absolute Gasteiger partial charge is 0.489 e. The van der Waals surface area contributed by atoms with Crippen molar-refractivity contribution >= 4 is 5.97 Å². The first kappa shape index (κ1) is 14.1. The van der Waals surface area contributed by atoms with Crippen LogP contribution in [0, 0.1) is 19.7 Å². The van der Waals surface area contributed by atoms with Crippen molar-refractivity contribution in [1.29, 1.82) is 0 Å². The summed E-state index contributed by atoms with van der Waals surface area (Å²) in [6.07, 6.45) is 0. The highest BCUT2D eigenvalue weighted by molar-refractivity contribution is 5.88. The predicted octanol–water partition coefficient (Wildman–Crippen LogP) is 3.72. The van der Waals surface area contributed by atoms with Crippen LogP contribution in [0.1, 0.15) is 27.0 Å². The molecule has 2 aromatic rings. The monoisotopic (exact) mass is 274 g/mol. The molecule has 0 aliphatic rings. The molecule has 0 aliphatic heterocycles. The fourth-order valence-electron chi connectivity index (χ4n) is 1.90. The Balaban J connectivity index is 2.15. The highest BCUT2D eigenvalue weighted by Gasteiger charge is 2.07. The van der Waals surface area contributed by atoms with E-state index in [2.05, 4.69) is 0 Å². The molecule has 0 aromatic heterocycles. The van der Waals surface area contributed by atoms with Gasteiger partial charge in [0.05, 0.1) is 5.56 Å². The van der Waals surface area contributed by atoms with E-state index in [-0.39, 0.29) is 18.0 Å². The third-order valence-corrected chi connectivity index (χ3v) is 3.12. The lowest BCUT2D eigenvalue weighted by Crippen LogP contribution is -2.02. The minimum atomic E-state index is -0.972. The van der Waals surface area contributed by atoms with Gasteiger partial charge < -0.3 is 9.84 Å². The van der Waals surface area contributed by atoms with Gasteiger partial charge in [-0.05, 0) is 60.9 Å². The standard InChI is InChI=1S/C16H15FO3/c1-10-3-5-14(17)8-13(10)9-20-15-6-4-12(16(18)19)7-11(15)2/h3-8H,9H2,1-2H3,(H,18,19). The first-order valence-corrected chi connectivity index (χ1v) is 6.19. The molecule has 0 saturated heterocycles. The van der Waals surface area contributed by atoms with Gasteiger partial charge >= 0.3 is 5.97 Å². The molecule has 0 unspecified atom stereocenters. The van der Waals surface area contributed by atoms with E-state index in [0.717, 1.165) is 16.7 Å². The number of halogens is 1. The molecule has 0 atom stereocenters. The van der Waals surface area contributed by atoms with E-state index in [4.69, 9.17) is 9.84 Å². The summed E-state index contributed by atoms with van der Waals surface area (Å²) in [4.78, 5) is 10.8. The summed E-state index contributed by atoms with van der Waals surface area (Å²) in [6, 6.07) is 9.21. The van der Waals surface area contributed by atoms with Gasteiger partial charge in [0.25, 0.3) is 0 Å². The van der Waals surface area contributed by atoms with Crippen LogP contribution in [0.3, 0.4) is 0 Å². The normalized spacial score (nSPS) is 10.3. The van der Waals surface area contributed by atoms with Crippen LogP contribution in [0.25, 0.3) is 0 Å². The lowest BCUT2D eigenvalue weighted by Gasteiger charge is -2.11. The van der Waals surface area contributed by atoms with Gasteiger partial charge in [0.2, 0.25) is 0 Å². The van der Waals surface area contributed by atoms with Gasteiger partial charge in [-0.3, -0.25) is 0 Å². The third kappa shape index (κ3) is 3.15. The minimum absolute atomic E-state index is 0.219. The Labute approximate surface area is 116 Å². The maximum Gasteiger partial charge on any atom is 0.335 e. The number of aryl methyl sites for hydroxylation is 2. The van der Waals surface area contributed by atoms with E-state index in [1.807, 2.05) is 6.92 Å². The Morgan fingerprint density at radius 3 is 2.55 bits per heavy atom. The molecule has 2 rings (SSSR count). The Morgan fingerprint density at radius 1 is 1.15 bits per heavy atom. The van der Waals surface area contributed by atoms with Crippen LogP contribution in [-0.4, -0.2) is 11.1 Å². The van der Waals surface area contributed by atoms with Crippen molar-refractivity contribution in [3.8, 4) is 5.75 Å². The average molecular weight is 274 g/mol. The number of benzene rings is 2. The summed E-state index contributed by atoms with van der Waals surface area (Å²) < 4.78 is 18.8. The molecule has 0 amide bonds. The fourth-order valence-corrected chi connectivity index (χ4v) is 1.90. The van der Waals surface area contributed by atoms with Crippen molar-refractivity contribution in [3.05, 3.63) is 64.5 Å². The second-order valence-corrected chi connectivity index (χ2v) is 4.64. The maximum atomic E-state index is 13.2. The summed E-state index contributed by atoms with van der Waals surface area (Å²) in [6.45, 7) is 3.91. The van der Waals surface area contributed by atoms with Crippen molar-refractivity contribution in [2.45, 2.75) is 20.5 Å². The lowest BCUT2D eigenvalue weighted by molar-refractivity contribution is 0.0696. The molecule has 2 aromatic carbocycles. The quantitative estimate of drug-likeness (QED) is 0.924. The van der Waals surface area contributed by atoms with Gasteiger partial charge in [-0.15, -0.1) is 0 Å². The third-order valence-electron chi connectivity index (χ3n) is 3.12. The Bertz CT molecular complexity index is 650. The number of carbonyl (C=O) groups is 1. The number of carboxylic acids is 1. The molecule has 1 N–H and O–H groups in total. The molecule has 4 heteroatoms. The molecular weight excluding hydrogens is 259 g/mol. The first-order chi connectivity index (χ1) is 9.47. The van der Waals surface area contributed by atoms with E-state index < -0.39 is 5.97 Å². The van der Waals surface area contributed by atoms with Crippen LogP contribution in [0.5, 0.6) is 5.75 Å². The first-order valence-electron chi connectivity index (χ1n) is 6.19. The van der Waals surface area contributed by atoms with E-state index in [9.17, 15) is 9.18 Å². The van der Waals surface area contributed by atoms with E-state index >= 15 is 0 Å². The Kier molecular flexibility index (Phi) is 4.03. The van der Waals surface area contributed by atoms with Crippen LogP contribution < -0.4 is 4.74 Å². The molecule has 104 valence electrons. The summed E-state index contributed by atoms with van der Waals surface area (Å²) in [5.41, 5.74) is 2.67. The zero-order valence-corrected chi connectivity index (χ0v) is 11.3. The molecule has 0 fully saturated rings. The number of aromatic carboxylic acids is 1. The molecule has 0 spiro atoms. The predicted molar refractivity (Wildman–Crippen MR) is 73.6 cm³/mol. The molecule has 0 bridgehead atoms. The molecular formula is C16H15FO3. The number of hydrogen-bond acceptors (Lipinski definition) is 2. The topological polar surface area (TPSA) is 46.5 Å². The van der Waals surface area contributed by atoms with E-state index in [1.165, 1.54) is 18.2 Å². The van der Waals surface area contributed by atoms with Gasteiger partial charge in [-0.25, -0.2) is 9.18 Å². The zero-order valence-electron chi connectivity index (χ0n) is 11.3. The smallest absolute Gasteiger partial charge is 0.335 e. The number of carboxylic acid groups (broad SMARTS) is 1. The fraction of sp³-hybridized carbons (Fsp3) is 0.188. The van der Waals surface area contributed by atoms with Gasteiger partial charge in [-0.1, -0.05) is 6.07 Å². The van der Waals surface area contributed by atoms with Crippen molar-refractivity contribution in [2.75, 3.05) is 0 Å². The molecule has 0 saturated carbocycles. The number of rotatable bonds is 4.